The second-order valence-electron chi connectivity index (χ2n) is 34.5. The van der Waals surface area contributed by atoms with Gasteiger partial charge in [-0.2, -0.15) is 0 Å². The molecule has 20 rings (SSSR count). The van der Waals surface area contributed by atoms with Gasteiger partial charge in [0.2, 0.25) is 11.9 Å². The van der Waals surface area contributed by atoms with Gasteiger partial charge in [-0.05, 0) is 189 Å². The first-order valence-corrected chi connectivity index (χ1v) is 46.3. The lowest BCUT2D eigenvalue weighted by atomic mass is 9.84. The van der Waals surface area contributed by atoms with Crippen molar-refractivity contribution >= 4 is 90.9 Å². The Morgan fingerprint density at radius 2 is 0.809 bits per heavy atom. The largest absolute Gasteiger partial charge is 0.488 e. The topological polar surface area (TPSA) is 383 Å². The molecule has 4 aromatic carbocycles. The molecule has 4 aliphatic heterocycles. The van der Waals surface area contributed by atoms with Crippen LogP contribution in [0.15, 0.2) is 147 Å². The van der Waals surface area contributed by atoms with Crippen LogP contribution < -0.4 is 54.5 Å². The molecule has 34 heteroatoms. The molecule has 8 aromatic heterocycles. The molecule has 688 valence electrons. The molecule has 34 nitrogen and oxygen atoms in total. The number of aliphatic hydroxyl groups excluding tert-OH is 2. The van der Waals surface area contributed by atoms with Gasteiger partial charge in [0.05, 0.1) is 142 Å². The van der Waals surface area contributed by atoms with Crippen LogP contribution in [0.4, 0.5) is 40.5 Å². The van der Waals surface area contributed by atoms with Gasteiger partial charge in [0.15, 0.2) is 6.29 Å². The molecule has 4 aliphatic carbocycles. The van der Waals surface area contributed by atoms with Crippen LogP contribution >= 0.6 is 0 Å². The number of anilines is 7. The quantitative estimate of drug-likeness (QED) is 0.0332. The van der Waals surface area contributed by atoms with Crippen LogP contribution in [-0.4, -0.2) is 246 Å². The van der Waals surface area contributed by atoms with E-state index in [9.17, 15) is 15.0 Å². The van der Waals surface area contributed by atoms with Crippen molar-refractivity contribution in [3.8, 4) is 23.0 Å². The van der Waals surface area contributed by atoms with Crippen molar-refractivity contribution in [2.24, 2.45) is 5.92 Å². The third kappa shape index (κ3) is 24.7. The average molecular weight is 1780 g/mol. The number of methoxy groups -OCH3 is 1. The SMILES string of the molecule is CC(O)c1cnc2cc(N3CCOCC3)cc(OC3CCC(Nc4ncccn4)CC3)c2n1.COCc1cc(CC2CCC(Oc3cc(N4CCOCC4)cc4nccnc34)CC2)nc(C)n1.O=Cc1cnc2cc(N3CCOCC3)cc(OC3CCC(Nc4ncccn4)CC3)c2n1.OCc1ccnc(NC2CCC(Oc3cc(N4CCOCC4)cc4nccnc34)CC2)c1. The molecule has 0 bridgehead atoms. The van der Waals surface area contributed by atoms with Gasteiger partial charge in [0.25, 0.3) is 0 Å². The Hall–Kier alpha value is -12.2. The molecule has 131 heavy (non-hydrogen) atoms. The number of aldehydes is 1. The van der Waals surface area contributed by atoms with E-state index in [1.165, 1.54) is 6.20 Å². The van der Waals surface area contributed by atoms with E-state index in [-0.39, 0.29) is 31.0 Å². The normalized spacial score (nSPS) is 21.5. The lowest BCUT2D eigenvalue weighted by Gasteiger charge is -2.31. The molecule has 4 saturated carbocycles. The second kappa shape index (κ2) is 45.1. The Morgan fingerprint density at radius 3 is 1.23 bits per heavy atom. The number of nitrogens with zero attached hydrogens (tertiary/aromatic N) is 19. The molecule has 0 spiro atoms. The van der Waals surface area contributed by atoms with E-state index in [1.807, 2.05) is 49.4 Å². The summed E-state index contributed by atoms with van der Waals surface area (Å²) in [7, 11) is 1.70. The van der Waals surface area contributed by atoms with Gasteiger partial charge < -0.3 is 88.4 Å². The van der Waals surface area contributed by atoms with Crippen LogP contribution in [0.2, 0.25) is 0 Å². The van der Waals surface area contributed by atoms with Crippen molar-refractivity contribution in [1.29, 1.82) is 0 Å². The number of ether oxygens (including phenoxy) is 9. The van der Waals surface area contributed by atoms with Gasteiger partial charge in [0.1, 0.15) is 62.4 Å². The van der Waals surface area contributed by atoms with E-state index in [0.29, 0.717) is 103 Å². The Morgan fingerprint density at radius 1 is 0.420 bits per heavy atom. The van der Waals surface area contributed by atoms with Crippen molar-refractivity contribution in [3.05, 3.63) is 181 Å². The van der Waals surface area contributed by atoms with E-state index in [1.54, 1.807) is 76.0 Å². The second-order valence-corrected chi connectivity index (χ2v) is 34.5. The summed E-state index contributed by atoms with van der Waals surface area (Å²) in [6, 6.07) is 27.1. The van der Waals surface area contributed by atoms with Crippen molar-refractivity contribution in [1.82, 2.24) is 74.8 Å². The first-order valence-electron chi connectivity index (χ1n) is 46.3. The zero-order chi connectivity index (χ0) is 89.5. The zero-order valence-electron chi connectivity index (χ0n) is 74.9. The van der Waals surface area contributed by atoms with E-state index in [0.717, 1.165) is 290 Å². The lowest BCUT2D eigenvalue weighted by molar-refractivity contribution is 0.111. The number of hydrogen-bond acceptors (Lipinski definition) is 34. The maximum Gasteiger partial charge on any atom is 0.222 e. The molecule has 12 heterocycles. The fraction of sp³-hybridized carbons (Fsp3) is 0.485. The predicted molar refractivity (Wildman–Crippen MR) is 499 cm³/mol. The number of nitrogens with one attached hydrogen (secondary N) is 3. The number of benzene rings is 4. The van der Waals surface area contributed by atoms with Crippen molar-refractivity contribution in [2.75, 3.05) is 148 Å². The zero-order valence-corrected chi connectivity index (χ0v) is 74.9. The summed E-state index contributed by atoms with van der Waals surface area (Å²) < 4.78 is 53.3. The van der Waals surface area contributed by atoms with E-state index in [4.69, 9.17) is 42.6 Å². The van der Waals surface area contributed by atoms with Crippen molar-refractivity contribution < 1.29 is 57.6 Å². The van der Waals surface area contributed by atoms with Crippen LogP contribution in [-0.2, 0) is 43.3 Å². The standard InChI is InChI=1S/C26H33N5O3.C24H30N6O3.C24H29N5O3.C23H26N6O3/c1-18-29-20(14-21(30-18)17-32-2)13-19-3-5-23(6-4-19)34-25-16-22(31-9-11-33-12-10-31)15-24-26(25)28-8-7-27-24;1-16(31)21-15-27-20-13-18(30-9-11-32-12-10-30)14-22(23(20)29-21)33-19-5-3-17(4-6-19)28-24-25-7-2-8-26-24;30-16-17-5-6-26-23(13-17)28-18-1-3-20(4-2-18)32-22-15-19(29-9-11-31-12-10-29)14-21-24(22)27-8-7-25-21;30-15-17-14-26-20-12-18(29-8-10-31-11-9-29)13-21(22(20)27-17)32-19-4-2-16(3-5-19)28-23-24-6-1-7-25-23/h7-8,14-16,19,23H,3-6,9-13,17H2,1-2H3;2,7-8,13-17,19,31H,3-6,9-12H2,1H3,(H,25,26,28);5-8,13-15,18,20,30H,1-4,9-12,16H2,(H,26,28);1,6-7,12-16,19H,2-5,8-11H2,(H,24,25,28). The number of rotatable bonds is 25. The number of carbonyl (C=O) groups excluding carboxylic acids is 1. The fourth-order valence-electron chi connectivity index (χ4n) is 18.3. The van der Waals surface area contributed by atoms with E-state index < -0.39 is 6.10 Å². The molecule has 8 aliphatic rings. The summed E-state index contributed by atoms with van der Waals surface area (Å²) in [5, 5.41) is 29.7. The minimum absolute atomic E-state index is 0.0259. The van der Waals surface area contributed by atoms with Gasteiger partial charge in [0, 0.05) is 186 Å². The maximum atomic E-state index is 11.3. The molecular formula is C97H118N22O12. The summed E-state index contributed by atoms with van der Waals surface area (Å²) in [6.45, 7) is 16.8. The summed E-state index contributed by atoms with van der Waals surface area (Å²) in [4.78, 5) is 87.5. The number of hydrogen-bond donors (Lipinski definition) is 5. The van der Waals surface area contributed by atoms with E-state index in [2.05, 4.69) is 147 Å². The van der Waals surface area contributed by atoms with Gasteiger partial charge in [-0.25, -0.2) is 54.8 Å². The smallest absolute Gasteiger partial charge is 0.222 e. The number of carbonyl (C=O) groups is 1. The van der Waals surface area contributed by atoms with Crippen molar-refractivity contribution in [3.63, 3.8) is 0 Å². The first-order chi connectivity index (χ1) is 64.4. The molecule has 0 amide bonds. The molecule has 8 fully saturated rings. The Labute approximate surface area is 762 Å². The number of aliphatic hydroxyl groups is 2. The van der Waals surface area contributed by atoms with Crippen molar-refractivity contribution in [2.45, 2.75) is 185 Å². The van der Waals surface area contributed by atoms with Crippen LogP contribution in [0.1, 0.15) is 155 Å². The predicted octanol–water partition coefficient (Wildman–Crippen LogP) is 13.0. The molecule has 1 atom stereocenters. The average Bonchev–Trinajstić information content (AvgIpc) is 0.816. The summed E-state index contributed by atoms with van der Waals surface area (Å²) in [6.07, 6.45) is 36.1. The third-order valence-electron chi connectivity index (χ3n) is 25.2. The molecular weight excluding hydrogens is 1670 g/mol. The Balaban J connectivity index is 0.000000122. The first kappa shape index (κ1) is 90.7. The number of aryl methyl sites for hydroxylation is 1. The minimum Gasteiger partial charge on any atom is -0.488 e. The van der Waals surface area contributed by atoms with Gasteiger partial charge in [-0.15, -0.1) is 0 Å². The fourth-order valence-corrected chi connectivity index (χ4v) is 18.3. The number of pyridine rings is 1. The number of fused-ring (bicyclic) bond motifs is 4. The Kier molecular flexibility index (Phi) is 31.2. The van der Waals surface area contributed by atoms with Gasteiger partial charge >= 0.3 is 0 Å². The highest BCUT2D eigenvalue weighted by Crippen LogP contribution is 2.40. The molecule has 1 unspecified atom stereocenters. The highest BCUT2D eigenvalue weighted by Gasteiger charge is 2.32. The summed E-state index contributed by atoms with van der Waals surface area (Å²) in [5.74, 6) is 6.65. The lowest BCUT2D eigenvalue weighted by Crippen LogP contribution is -2.36. The summed E-state index contributed by atoms with van der Waals surface area (Å²) in [5.41, 5.74) is 14.3. The van der Waals surface area contributed by atoms with Crippen LogP contribution in [0.25, 0.3) is 44.1 Å². The highest BCUT2D eigenvalue weighted by molar-refractivity contribution is 5.89. The molecule has 0 radical (unpaired) electrons. The van der Waals surface area contributed by atoms with Gasteiger partial charge in [-0.1, -0.05) is 0 Å². The summed E-state index contributed by atoms with van der Waals surface area (Å²) >= 11 is 0. The highest BCUT2D eigenvalue weighted by atomic mass is 16.5. The van der Waals surface area contributed by atoms with Crippen LogP contribution in [0.3, 0.4) is 0 Å². The number of morpholine rings is 4. The minimum atomic E-state index is -0.685. The van der Waals surface area contributed by atoms with Gasteiger partial charge in [-0.3, -0.25) is 24.7 Å². The van der Waals surface area contributed by atoms with Crippen LogP contribution in [0, 0.1) is 12.8 Å². The van der Waals surface area contributed by atoms with Crippen LogP contribution in [0.5, 0.6) is 23.0 Å². The molecule has 4 saturated heterocycles. The Bertz CT molecular complexity index is 5670. The van der Waals surface area contributed by atoms with E-state index >= 15 is 0 Å². The monoisotopic (exact) mass is 1780 g/mol. The third-order valence-corrected chi connectivity index (χ3v) is 25.2. The molecule has 12 aromatic rings. The molecule has 5 N–H and O–H groups in total. The number of aromatic nitrogens is 15. The maximum absolute atomic E-state index is 11.3.